The minimum Gasteiger partial charge on any atom is -0.490 e. The Labute approximate surface area is 170 Å². The predicted molar refractivity (Wildman–Crippen MR) is 113 cm³/mol. The van der Waals surface area contributed by atoms with Crippen LogP contribution in [0, 0.1) is 5.92 Å². The molecule has 0 amide bonds. The summed E-state index contributed by atoms with van der Waals surface area (Å²) in [5, 5.41) is 9.89. The summed E-state index contributed by atoms with van der Waals surface area (Å²) in [7, 11) is 0. The molecule has 0 unspecified atom stereocenters. The lowest BCUT2D eigenvalue weighted by atomic mass is 10.2. The molecule has 0 spiro atoms. The number of hydrazone groups is 1. The van der Waals surface area contributed by atoms with Crippen LogP contribution in [0.25, 0.3) is 10.6 Å². The first-order valence-corrected chi connectivity index (χ1v) is 10.4. The Bertz CT molecular complexity index is 869. The van der Waals surface area contributed by atoms with Crippen molar-refractivity contribution in [1.29, 1.82) is 0 Å². The van der Waals surface area contributed by atoms with Gasteiger partial charge in [0.1, 0.15) is 0 Å². The zero-order valence-corrected chi connectivity index (χ0v) is 17.3. The monoisotopic (exact) mass is 425 g/mol. The fraction of sp³-hybridized carbons (Fsp3) is 0.222. The van der Waals surface area contributed by atoms with E-state index >= 15 is 0 Å². The van der Waals surface area contributed by atoms with Crippen molar-refractivity contribution in [3.8, 4) is 16.3 Å². The van der Waals surface area contributed by atoms with Crippen molar-refractivity contribution < 1.29 is 4.74 Å². The van der Waals surface area contributed by atoms with Crippen molar-refractivity contribution >= 4 is 57.2 Å². The van der Waals surface area contributed by atoms with Crippen molar-refractivity contribution in [2.24, 2.45) is 11.0 Å². The van der Waals surface area contributed by atoms with E-state index < -0.39 is 0 Å². The minimum absolute atomic E-state index is 0.393. The number of thiazole rings is 1. The van der Waals surface area contributed by atoms with Gasteiger partial charge in [-0.25, -0.2) is 4.98 Å². The third kappa shape index (κ3) is 4.98. The largest absolute Gasteiger partial charge is 0.490 e. The van der Waals surface area contributed by atoms with Crippen molar-refractivity contribution in [3.05, 3.63) is 50.6 Å². The molecule has 4 nitrogen and oxygen atoms in total. The molecule has 0 fully saturated rings. The van der Waals surface area contributed by atoms with Gasteiger partial charge >= 0.3 is 0 Å². The van der Waals surface area contributed by atoms with Gasteiger partial charge in [0, 0.05) is 5.38 Å². The summed E-state index contributed by atoms with van der Waals surface area (Å²) in [6.45, 7) is 4.69. The topological polar surface area (TPSA) is 46.5 Å². The maximum absolute atomic E-state index is 6.27. The van der Waals surface area contributed by atoms with Crippen molar-refractivity contribution in [2.45, 2.75) is 13.8 Å². The summed E-state index contributed by atoms with van der Waals surface area (Å²) in [5.74, 6) is 0.901. The Balaban J connectivity index is 1.65. The van der Waals surface area contributed by atoms with Gasteiger partial charge in [-0.3, -0.25) is 5.43 Å². The highest BCUT2D eigenvalue weighted by Gasteiger charge is 2.10. The van der Waals surface area contributed by atoms with Crippen LogP contribution in [-0.4, -0.2) is 17.8 Å². The minimum atomic E-state index is 0.393. The third-order valence-electron chi connectivity index (χ3n) is 3.23. The molecule has 3 aromatic rings. The smallest absolute Gasteiger partial charge is 0.203 e. The lowest BCUT2D eigenvalue weighted by Crippen LogP contribution is -2.05. The molecule has 0 saturated carbocycles. The van der Waals surface area contributed by atoms with E-state index in [4.69, 9.17) is 27.9 Å². The van der Waals surface area contributed by atoms with Crippen molar-refractivity contribution in [1.82, 2.24) is 4.98 Å². The van der Waals surface area contributed by atoms with Crippen LogP contribution >= 0.6 is 45.9 Å². The Morgan fingerprint density at radius 1 is 1.27 bits per heavy atom. The Morgan fingerprint density at radius 3 is 2.69 bits per heavy atom. The number of rotatable bonds is 7. The molecule has 0 atom stereocenters. The quantitative estimate of drug-likeness (QED) is 0.339. The van der Waals surface area contributed by atoms with Gasteiger partial charge in [0.05, 0.1) is 33.4 Å². The van der Waals surface area contributed by atoms with Crippen LogP contribution in [0.15, 0.2) is 40.1 Å². The van der Waals surface area contributed by atoms with Crippen molar-refractivity contribution in [3.63, 3.8) is 0 Å². The fourth-order valence-corrected chi connectivity index (χ4v) is 4.10. The number of hydrogen-bond acceptors (Lipinski definition) is 6. The first-order valence-electron chi connectivity index (χ1n) is 7.93. The molecule has 3 rings (SSSR count). The molecule has 8 heteroatoms. The maximum atomic E-state index is 6.27. The van der Waals surface area contributed by atoms with Crippen LogP contribution in [0.1, 0.15) is 19.4 Å². The summed E-state index contributed by atoms with van der Waals surface area (Å²) >= 11 is 15.7. The van der Waals surface area contributed by atoms with Crippen LogP contribution < -0.4 is 10.2 Å². The zero-order chi connectivity index (χ0) is 18.5. The van der Waals surface area contributed by atoms with Crippen LogP contribution in [0.3, 0.4) is 0 Å². The van der Waals surface area contributed by atoms with E-state index in [1.54, 1.807) is 29.7 Å². The standard InChI is InChI=1S/C18H17Cl2N3OS2/c1-11(2)9-24-17-13(19)6-12(7-14(17)20)8-21-23-18-22-15(10-26-18)16-4-3-5-25-16/h3-8,10-11H,9H2,1-2H3,(H,22,23)/b21-8-. The predicted octanol–water partition coefficient (Wildman–Crippen LogP) is 6.66. The van der Waals surface area contributed by atoms with Crippen molar-refractivity contribution in [2.75, 3.05) is 12.0 Å². The SMILES string of the molecule is CC(C)COc1c(Cl)cc(/C=N\Nc2nc(-c3cccs3)cs2)cc1Cl. The molecule has 0 saturated heterocycles. The average molecular weight is 426 g/mol. The van der Waals surface area contributed by atoms with Gasteiger partial charge in [-0.1, -0.05) is 43.1 Å². The maximum Gasteiger partial charge on any atom is 0.203 e. The van der Waals surface area contributed by atoms with Crippen LogP contribution in [0.4, 0.5) is 5.13 Å². The van der Waals surface area contributed by atoms with Crippen LogP contribution in [0.2, 0.25) is 10.0 Å². The average Bonchev–Trinajstić information content (AvgIpc) is 3.25. The zero-order valence-electron chi connectivity index (χ0n) is 14.2. The molecule has 0 aliphatic carbocycles. The summed E-state index contributed by atoms with van der Waals surface area (Å²) in [5.41, 5.74) is 4.66. The van der Waals surface area contributed by atoms with Crippen LogP contribution in [-0.2, 0) is 0 Å². The Kier molecular flexibility index (Phi) is 6.53. The molecular formula is C18H17Cl2N3OS2. The Morgan fingerprint density at radius 2 is 2.04 bits per heavy atom. The first-order chi connectivity index (χ1) is 12.5. The van der Waals surface area contributed by atoms with E-state index in [9.17, 15) is 0 Å². The molecule has 0 aliphatic heterocycles. The second-order valence-corrected chi connectivity index (χ2v) is 8.52. The van der Waals surface area contributed by atoms with E-state index in [1.165, 1.54) is 11.3 Å². The van der Waals surface area contributed by atoms with E-state index in [0.29, 0.717) is 28.3 Å². The number of nitrogens with zero attached hydrogens (tertiary/aromatic N) is 2. The molecule has 0 radical (unpaired) electrons. The lowest BCUT2D eigenvalue weighted by molar-refractivity contribution is 0.271. The number of hydrogen-bond donors (Lipinski definition) is 1. The number of benzene rings is 1. The van der Waals surface area contributed by atoms with Gasteiger partial charge in [-0.15, -0.1) is 22.7 Å². The number of aromatic nitrogens is 1. The first kappa shape index (κ1) is 19.2. The van der Waals surface area contributed by atoms with Crippen LogP contribution in [0.5, 0.6) is 5.75 Å². The van der Waals surface area contributed by atoms with E-state index in [2.05, 4.69) is 29.4 Å². The highest BCUT2D eigenvalue weighted by atomic mass is 35.5. The normalized spacial score (nSPS) is 11.4. The molecule has 26 heavy (non-hydrogen) atoms. The Hall–Kier alpha value is -1.60. The van der Waals surface area contributed by atoms with Gasteiger partial charge in [-0.2, -0.15) is 5.10 Å². The number of nitrogens with one attached hydrogen (secondary N) is 1. The summed E-state index contributed by atoms with van der Waals surface area (Å²) < 4.78 is 5.66. The summed E-state index contributed by atoms with van der Waals surface area (Å²) in [6, 6.07) is 7.59. The molecule has 136 valence electrons. The van der Waals surface area contributed by atoms with Gasteiger partial charge < -0.3 is 4.74 Å². The van der Waals surface area contributed by atoms with E-state index in [-0.39, 0.29) is 0 Å². The number of halogens is 2. The van der Waals surface area contributed by atoms with Gasteiger partial charge in [0.25, 0.3) is 0 Å². The molecule has 0 bridgehead atoms. The number of ether oxygens (including phenoxy) is 1. The number of anilines is 1. The molecular weight excluding hydrogens is 409 g/mol. The molecule has 2 heterocycles. The molecule has 0 aliphatic rings. The third-order valence-corrected chi connectivity index (χ3v) is 5.43. The second-order valence-electron chi connectivity index (χ2n) is 5.90. The second kappa shape index (κ2) is 8.86. The highest BCUT2D eigenvalue weighted by molar-refractivity contribution is 7.15. The fourth-order valence-electron chi connectivity index (χ4n) is 2.07. The highest BCUT2D eigenvalue weighted by Crippen LogP contribution is 2.34. The number of thiophene rings is 1. The van der Waals surface area contributed by atoms with E-state index in [0.717, 1.165) is 21.3 Å². The van der Waals surface area contributed by atoms with Gasteiger partial charge in [0.2, 0.25) is 5.13 Å². The molecule has 1 N–H and O–H groups in total. The molecule has 2 aromatic heterocycles. The van der Waals surface area contributed by atoms with E-state index in [1.807, 2.05) is 22.9 Å². The molecule has 1 aromatic carbocycles. The summed E-state index contributed by atoms with van der Waals surface area (Å²) in [6.07, 6.45) is 1.65. The van der Waals surface area contributed by atoms with Gasteiger partial charge in [0.15, 0.2) is 5.75 Å². The summed E-state index contributed by atoms with van der Waals surface area (Å²) in [4.78, 5) is 5.64. The van der Waals surface area contributed by atoms with Gasteiger partial charge in [-0.05, 0) is 35.1 Å². The lowest BCUT2D eigenvalue weighted by Gasteiger charge is -2.12.